The Hall–Kier alpha value is -2.09. The third-order valence-electron chi connectivity index (χ3n) is 6.38. The Bertz CT molecular complexity index is 990. The Morgan fingerprint density at radius 2 is 1.76 bits per heavy atom. The molecule has 6 nitrogen and oxygen atoms in total. The molecule has 7 heteroatoms. The van der Waals surface area contributed by atoms with Gasteiger partial charge in [0.25, 0.3) is 0 Å². The zero-order chi connectivity index (χ0) is 20.0. The number of morpholine rings is 1. The predicted octanol–water partition coefficient (Wildman–Crippen LogP) is 3.22. The number of nitrogens with zero attached hydrogens (tertiary/aromatic N) is 3. The SMILES string of the molecule is C[C@@H](c1ccccc1)N1c2cc(S(=O)(=O)N3CCOCC3)ccc2N2CCC[C@@H]21. The Morgan fingerprint density at radius 3 is 2.52 bits per heavy atom. The van der Waals surface area contributed by atoms with Gasteiger partial charge in [0.05, 0.1) is 35.5 Å². The van der Waals surface area contributed by atoms with Crippen LogP contribution in [0.25, 0.3) is 0 Å². The van der Waals surface area contributed by atoms with Crippen molar-refractivity contribution in [2.24, 2.45) is 0 Å². The number of hydrogen-bond donors (Lipinski definition) is 0. The van der Waals surface area contributed by atoms with Crippen molar-refractivity contribution < 1.29 is 13.2 Å². The molecule has 0 amide bonds. The normalized spacial score (nSPS) is 23.1. The first-order chi connectivity index (χ1) is 14.1. The second-order valence-electron chi connectivity index (χ2n) is 7.98. The molecule has 2 aromatic rings. The molecule has 0 radical (unpaired) electrons. The van der Waals surface area contributed by atoms with Gasteiger partial charge in [-0.05, 0) is 43.5 Å². The lowest BCUT2D eigenvalue weighted by molar-refractivity contribution is 0.0730. The van der Waals surface area contributed by atoms with Crippen LogP contribution in [0, 0.1) is 0 Å². The van der Waals surface area contributed by atoms with Gasteiger partial charge in [-0.15, -0.1) is 0 Å². The molecular weight excluding hydrogens is 386 g/mol. The molecule has 0 N–H and O–H groups in total. The van der Waals surface area contributed by atoms with E-state index in [0.717, 1.165) is 30.8 Å². The number of hydrogen-bond acceptors (Lipinski definition) is 5. The van der Waals surface area contributed by atoms with Crippen LogP contribution in [0.4, 0.5) is 11.4 Å². The zero-order valence-corrected chi connectivity index (χ0v) is 17.5. The highest BCUT2D eigenvalue weighted by molar-refractivity contribution is 7.89. The van der Waals surface area contributed by atoms with Gasteiger partial charge in [-0.25, -0.2) is 8.42 Å². The van der Waals surface area contributed by atoms with Crippen molar-refractivity contribution in [1.82, 2.24) is 4.31 Å². The molecular formula is C22H27N3O3S. The van der Waals surface area contributed by atoms with E-state index in [-0.39, 0.29) is 6.04 Å². The Balaban J connectivity index is 1.55. The van der Waals surface area contributed by atoms with E-state index in [1.807, 2.05) is 18.2 Å². The molecule has 0 unspecified atom stereocenters. The zero-order valence-electron chi connectivity index (χ0n) is 16.7. The van der Waals surface area contributed by atoms with Gasteiger partial charge in [-0.2, -0.15) is 4.31 Å². The van der Waals surface area contributed by atoms with Crippen LogP contribution < -0.4 is 9.80 Å². The van der Waals surface area contributed by atoms with Crippen LogP contribution >= 0.6 is 0 Å². The maximum atomic E-state index is 13.2. The topological polar surface area (TPSA) is 53.1 Å². The molecule has 2 aromatic carbocycles. The van der Waals surface area contributed by atoms with Crippen LogP contribution in [0.2, 0.25) is 0 Å². The van der Waals surface area contributed by atoms with Gasteiger partial charge in [0.1, 0.15) is 6.17 Å². The summed E-state index contributed by atoms with van der Waals surface area (Å²) in [6, 6.07) is 16.3. The number of rotatable bonds is 4. The van der Waals surface area contributed by atoms with E-state index in [4.69, 9.17) is 4.74 Å². The summed E-state index contributed by atoms with van der Waals surface area (Å²) in [6.45, 7) is 4.97. The monoisotopic (exact) mass is 413 g/mol. The lowest BCUT2D eigenvalue weighted by atomic mass is 10.1. The van der Waals surface area contributed by atoms with Gasteiger partial charge in [0, 0.05) is 19.6 Å². The van der Waals surface area contributed by atoms with Crippen molar-refractivity contribution in [3.8, 4) is 0 Å². The summed E-state index contributed by atoms with van der Waals surface area (Å²) < 4.78 is 33.3. The second-order valence-corrected chi connectivity index (χ2v) is 9.92. The number of fused-ring (bicyclic) bond motifs is 3. The summed E-state index contributed by atoms with van der Waals surface area (Å²) in [6.07, 6.45) is 2.55. The maximum Gasteiger partial charge on any atom is 0.243 e. The molecule has 0 bridgehead atoms. The smallest absolute Gasteiger partial charge is 0.243 e. The van der Waals surface area contributed by atoms with Crippen LogP contribution in [-0.2, 0) is 14.8 Å². The summed E-state index contributed by atoms with van der Waals surface area (Å²) in [5, 5.41) is 0. The lowest BCUT2D eigenvalue weighted by Gasteiger charge is -2.33. The quantitative estimate of drug-likeness (QED) is 0.770. The van der Waals surface area contributed by atoms with E-state index < -0.39 is 10.0 Å². The summed E-state index contributed by atoms with van der Waals surface area (Å²) in [4.78, 5) is 5.22. The second kappa shape index (κ2) is 7.31. The van der Waals surface area contributed by atoms with Crippen molar-refractivity contribution in [3.05, 3.63) is 54.1 Å². The van der Waals surface area contributed by atoms with Crippen molar-refractivity contribution in [2.45, 2.75) is 36.9 Å². The van der Waals surface area contributed by atoms with Gasteiger partial charge >= 0.3 is 0 Å². The van der Waals surface area contributed by atoms with E-state index in [0.29, 0.717) is 37.4 Å². The Labute approximate surface area is 172 Å². The lowest BCUT2D eigenvalue weighted by Crippen LogP contribution is -2.41. The van der Waals surface area contributed by atoms with Gasteiger partial charge in [-0.1, -0.05) is 30.3 Å². The van der Waals surface area contributed by atoms with Crippen molar-refractivity contribution in [3.63, 3.8) is 0 Å². The van der Waals surface area contributed by atoms with Crippen LogP contribution in [0.3, 0.4) is 0 Å². The molecule has 3 aliphatic rings. The highest BCUT2D eigenvalue weighted by Crippen LogP contribution is 2.48. The van der Waals surface area contributed by atoms with Gasteiger partial charge < -0.3 is 14.5 Å². The van der Waals surface area contributed by atoms with E-state index in [1.165, 1.54) is 5.56 Å². The third kappa shape index (κ3) is 3.12. The summed E-state index contributed by atoms with van der Waals surface area (Å²) in [5.41, 5.74) is 3.42. The fourth-order valence-corrected chi connectivity index (χ4v) is 6.32. The highest BCUT2D eigenvalue weighted by atomic mass is 32.2. The van der Waals surface area contributed by atoms with Gasteiger partial charge in [0.2, 0.25) is 10.0 Å². The minimum atomic E-state index is -3.51. The fourth-order valence-electron chi connectivity index (χ4n) is 4.89. The Kier molecular flexibility index (Phi) is 4.76. The van der Waals surface area contributed by atoms with Crippen LogP contribution in [0.15, 0.2) is 53.4 Å². The largest absolute Gasteiger partial charge is 0.379 e. The summed E-state index contributed by atoms with van der Waals surface area (Å²) >= 11 is 0. The van der Waals surface area contributed by atoms with Crippen molar-refractivity contribution in [2.75, 3.05) is 42.6 Å². The van der Waals surface area contributed by atoms with E-state index in [1.54, 1.807) is 10.4 Å². The molecule has 3 aliphatic heterocycles. The average Bonchev–Trinajstić information content (AvgIpc) is 3.35. The molecule has 154 valence electrons. The molecule has 2 saturated heterocycles. The van der Waals surface area contributed by atoms with Crippen LogP contribution in [0.5, 0.6) is 0 Å². The standard InChI is InChI=1S/C22H27N3O3S/c1-17(18-6-3-2-4-7-18)25-21-16-19(29(26,27)23-12-14-28-15-13-23)9-10-20(21)24-11-5-8-22(24)25/h2-4,6-7,9-10,16-17,22H,5,8,11-15H2,1H3/t17-,22-/m0/s1. The minimum Gasteiger partial charge on any atom is -0.379 e. The van der Waals surface area contributed by atoms with Gasteiger partial charge in [0.15, 0.2) is 0 Å². The van der Waals surface area contributed by atoms with E-state index in [9.17, 15) is 8.42 Å². The first-order valence-electron chi connectivity index (χ1n) is 10.4. The van der Waals surface area contributed by atoms with Crippen LogP contribution in [0.1, 0.15) is 31.4 Å². The highest BCUT2D eigenvalue weighted by Gasteiger charge is 2.42. The molecule has 5 rings (SSSR count). The summed E-state index contributed by atoms with van der Waals surface area (Å²) in [7, 11) is -3.51. The van der Waals surface area contributed by atoms with E-state index in [2.05, 4.69) is 41.0 Å². The summed E-state index contributed by atoms with van der Waals surface area (Å²) in [5.74, 6) is 0. The average molecular weight is 414 g/mol. The number of ether oxygens (including phenoxy) is 1. The molecule has 0 aromatic heterocycles. The molecule has 0 saturated carbocycles. The van der Waals surface area contributed by atoms with E-state index >= 15 is 0 Å². The van der Waals surface area contributed by atoms with Gasteiger partial charge in [-0.3, -0.25) is 0 Å². The molecule has 2 atom stereocenters. The predicted molar refractivity (Wildman–Crippen MR) is 114 cm³/mol. The van der Waals surface area contributed by atoms with Crippen molar-refractivity contribution in [1.29, 1.82) is 0 Å². The number of benzene rings is 2. The first-order valence-corrected chi connectivity index (χ1v) is 11.8. The third-order valence-corrected chi connectivity index (χ3v) is 8.28. The van der Waals surface area contributed by atoms with Crippen molar-refractivity contribution >= 4 is 21.4 Å². The molecule has 29 heavy (non-hydrogen) atoms. The molecule has 2 fully saturated rings. The molecule has 3 heterocycles. The number of anilines is 2. The maximum absolute atomic E-state index is 13.2. The fraction of sp³-hybridized carbons (Fsp3) is 0.455. The molecule has 0 spiro atoms. The Morgan fingerprint density at radius 1 is 1.00 bits per heavy atom. The number of sulfonamides is 1. The first kappa shape index (κ1) is 18.9. The van der Waals surface area contributed by atoms with Crippen LogP contribution in [-0.4, -0.2) is 51.7 Å². The molecule has 0 aliphatic carbocycles. The minimum absolute atomic E-state index is 0.171.